The first kappa shape index (κ1) is 13.2. The molecular weight excluding hydrogens is 228 g/mol. The summed E-state index contributed by atoms with van der Waals surface area (Å²) in [6, 6.07) is 6.36. The van der Waals surface area contributed by atoms with Crippen molar-refractivity contribution in [1.82, 2.24) is 10.2 Å². The molecule has 0 aromatic heterocycles. The van der Waals surface area contributed by atoms with E-state index in [4.69, 9.17) is 4.74 Å². The second-order valence-electron chi connectivity index (χ2n) is 5.08. The highest BCUT2D eigenvalue weighted by atomic mass is 16.5. The fourth-order valence-electron chi connectivity index (χ4n) is 2.35. The van der Waals surface area contributed by atoms with E-state index in [0.29, 0.717) is 17.8 Å². The van der Waals surface area contributed by atoms with Crippen LogP contribution in [-0.4, -0.2) is 42.3 Å². The van der Waals surface area contributed by atoms with Crippen LogP contribution in [0, 0.1) is 0 Å². The lowest BCUT2D eigenvalue weighted by Gasteiger charge is -2.37. The van der Waals surface area contributed by atoms with E-state index in [1.807, 2.05) is 6.07 Å². The van der Waals surface area contributed by atoms with E-state index in [1.165, 1.54) is 0 Å². The third-order valence-electron chi connectivity index (χ3n) is 3.55. The molecule has 0 spiro atoms. The molecule has 2 unspecified atom stereocenters. The van der Waals surface area contributed by atoms with E-state index in [2.05, 4.69) is 24.1 Å². The van der Waals surface area contributed by atoms with Crippen LogP contribution in [0.5, 0.6) is 11.5 Å². The molecule has 100 valence electrons. The summed E-state index contributed by atoms with van der Waals surface area (Å²) in [5.41, 5.74) is 0.926. The number of aromatic hydroxyl groups is 1. The number of hydrogen-bond donors (Lipinski definition) is 2. The van der Waals surface area contributed by atoms with Crippen molar-refractivity contribution in [2.24, 2.45) is 0 Å². The van der Waals surface area contributed by atoms with Gasteiger partial charge in [-0.25, -0.2) is 0 Å². The summed E-state index contributed by atoms with van der Waals surface area (Å²) >= 11 is 0. The molecule has 0 bridgehead atoms. The smallest absolute Gasteiger partial charge is 0.120 e. The lowest BCUT2D eigenvalue weighted by molar-refractivity contribution is 0.137. The van der Waals surface area contributed by atoms with Crippen molar-refractivity contribution in [3.8, 4) is 11.5 Å². The van der Waals surface area contributed by atoms with E-state index >= 15 is 0 Å². The van der Waals surface area contributed by atoms with Crippen molar-refractivity contribution in [2.45, 2.75) is 32.5 Å². The first-order valence-corrected chi connectivity index (χ1v) is 6.43. The van der Waals surface area contributed by atoms with Crippen molar-refractivity contribution < 1.29 is 9.84 Å². The average molecular weight is 250 g/mol. The van der Waals surface area contributed by atoms with Gasteiger partial charge in [-0.15, -0.1) is 0 Å². The van der Waals surface area contributed by atoms with Crippen LogP contribution in [-0.2, 0) is 6.54 Å². The number of phenolic OH excluding ortho intramolecular Hbond substituents is 1. The van der Waals surface area contributed by atoms with Gasteiger partial charge in [-0.1, -0.05) is 0 Å². The predicted molar refractivity (Wildman–Crippen MR) is 72.0 cm³/mol. The summed E-state index contributed by atoms with van der Waals surface area (Å²) in [6.45, 7) is 7.14. The molecule has 1 heterocycles. The van der Waals surface area contributed by atoms with Gasteiger partial charge in [0.25, 0.3) is 0 Å². The minimum absolute atomic E-state index is 0.342. The predicted octanol–water partition coefficient (Wildman–Crippen LogP) is 1.58. The number of benzene rings is 1. The van der Waals surface area contributed by atoms with E-state index in [-0.39, 0.29) is 0 Å². The topological polar surface area (TPSA) is 44.7 Å². The first-order valence-electron chi connectivity index (χ1n) is 6.43. The number of piperazine rings is 1. The Bertz CT molecular complexity index is 409. The molecule has 1 aliphatic rings. The number of methoxy groups -OCH3 is 1. The maximum absolute atomic E-state index is 9.92. The monoisotopic (exact) mass is 250 g/mol. The van der Waals surface area contributed by atoms with E-state index < -0.39 is 0 Å². The van der Waals surface area contributed by atoms with Crippen LogP contribution in [0.2, 0.25) is 0 Å². The molecule has 2 rings (SSSR count). The third-order valence-corrected chi connectivity index (χ3v) is 3.55. The molecule has 1 saturated heterocycles. The summed E-state index contributed by atoms with van der Waals surface area (Å²) in [7, 11) is 1.64. The Kier molecular flexibility index (Phi) is 4.09. The molecule has 0 saturated carbocycles. The SMILES string of the molecule is COc1ccc(O)c(CN2CC(C)NCC2C)c1. The minimum Gasteiger partial charge on any atom is -0.508 e. The van der Waals surface area contributed by atoms with Gasteiger partial charge >= 0.3 is 0 Å². The van der Waals surface area contributed by atoms with Gasteiger partial charge in [-0.05, 0) is 32.0 Å². The Labute approximate surface area is 109 Å². The fourth-order valence-corrected chi connectivity index (χ4v) is 2.35. The largest absolute Gasteiger partial charge is 0.508 e. The van der Waals surface area contributed by atoms with Crippen molar-refractivity contribution in [1.29, 1.82) is 0 Å². The molecule has 0 radical (unpaired) electrons. The zero-order valence-electron chi connectivity index (χ0n) is 11.3. The summed E-state index contributed by atoms with van der Waals surface area (Å²) in [4.78, 5) is 2.38. The molecular formula is C14H22N2O2. The summed E-state index contributed by atoms with van der Waals surface area (Å²) in [5, 5.41) is 13.4. The van der Waals surface area contributed by atoms with Crippen LogP contribution in [0.4, 0.5) is 0 Å². The number of ether oxygens (including phenoxy) is 1. The van der Waals surface area contributed by atoms with E-state index in [9.17, 15) is 5.11 Å². The standard InChI is InChI=1S/C14H22N2O2/c1-10-8-16(11(2)7-15-10)9-12-6-13(18-3)4-5-14(12)17/h4-6,10-11,15,17H,7-9H2,1-3H3. The number of phenols is 1. The second kappa shape index (κ2) is 5.59. The molecule has 2 atom stereocenters. The normalized spacial score (nSPS) is 25.1. The van der Waals surface area contributed by atoms with Gasteiger partial charge in [0.1, 0.15) is 11.5 Å². The van der Waals surface area contributed by atoms with Crippen LogP contribution in [0.3, 0.4) is 0 Å². The Morgan fingerprint density at radius 1 is 1.44 bits per heavy atom. The van der Waals surface area contributed by atoms with Crippen LogP contribution in [0.1, 0.15) is 19.4 Å². The maximum atomic E-state index is 9.92. The Hall–Kier alpha value is -1.26. The van der Waals surface area contributed by atoms with Gasteiger partial charge in [0.2, 0.25) is 0 Å². The Balaban J connectivity index is 2.12. The highest BCUT2D eigenvalue weighted by Crippen LogP contribution is 2.25. The van der Waals surface area contributed by atoms with Gasteiger partial charge < -0.3 is 15.2 Å². The lowest BCUT2D eigenvalue weighted by Crippen LogP contribution is -2.53. The molecule has 4 nitrogen and oxygen atoms in total. The highest BCUT2D eigenvalue weighted by molar-refractivity contribution is 5.39. The Morgan fingerprint density at radius 2 is 2.22 bits per heavy atom. The number of nitrogens with zero attached hydrogens (tertiary/aromatic N) is 1. The third kappa shape index (κ3) is 2.94. The van der Waals surface area contributed by atoms with Gasteiger partial charge in [0.05, 0.1) is 7.11 Å². The molecule has 1 aliphatic heterocycles. The number of hydrogen-bond acceptors (Lipinski definition) is 4. The van der Waals surface area contributed by atoms with Crippen LogP contribution in [0.15, 0.2) is 18.2 Å². The zero-order chi connectivity index (χ0) is 13.1. The zero-order valence-corrected chi connectivity index (χ0v) is 11.3. The molecule has 0 amide bonds. The lowest BCUT2D eigenvalue weighted by atomic mass is 10.1. The Morgan fingerprint density at radius 3 is 2.94 bits per heavy atom. The first-order chi connectivity index (χ1) is 8.60. The number of nitrogens with one attached hydrogen (secondary N) is 1. The van der Waals surface area contributed by atoms with Gasteiger partial charge in [-0.3, -0.25) is 4.90 Å². The van der Waals surface area contributed by atoms with Gasteiger partial charge in [-0.2, -0.15) is 0 Å². The highest BCUT2D eigenvalue weighted by Gasteiger charge is 2.23. The van der Waals surface area contributed by atoms with Crippen molar-refractivity contribution in [3.05, 3.63) is 23.8 Å². The molecule has 1 aromatic carbocycles. The van der Waals surface area contributed by atoms with Crippen molar-refractivity contribution >= 4 is 0 Å². The van der Waals surface area contributed by atoms with E-state index in [1.54, 1.807) is 19.2 Å². The second-order valence-corrected chi connectivity index (χ2v) is 5.08. The average Bonchev–Trinajstić information content (AvgIpc) is 2.36. The fraction of sp³-hybridized carbons (Fsp3) is 0.571. The molecule has 1 aromatic rings. The van der Waals surface area contributed by atoms with E-state index in [0.717, 1.165) is 30.9 Å². The maximum Gasteiger partial charge on any atom is 0.120 e. The molecule has 1 fully saturated rings. The van der Waals surface area contributed by atoms with Crippen LogP contribution >= 0.6 is 0 Å². The van der Waals surface area contributed by atoms with Crippen molar-refractivity contribution in [3.63, 3.8) is 0 Å². The molecule has 4 heteroatoms. The van der Waals surface area contributed by atoms with Crippen molar-refractivity contribution in [2.75, 3.05) is 20.2 Å². The molecule has 18 heavy (non-hydrogen) atoms. The molecule has 0 aliphatic carbocycles. The summed E-state index contributed by atoms with van der Waals surface area (Å²) in [6.07, 6.45) is 0. The van der Waals surface area contributed by atoms with Gasteiger partial charge in [0.15, 0.2) is 0 Å². The molecule has 2 N–H and O–H groups in total. The summed E-state index contributed by atoms with van der Waals surface area (Å²) in [5.74, 6) is 1.13. The van der Waals surface area contributed by atoms with Gasteiger partial charge in [0, 0.05) is 37.3 Å². The number of rotatable bonds is 3. The minimum atomic E-state index is 0.342. The quantitative estimate of drug-likeness (QED) is 0.855. The summed E-state index contributed by atoms with van der Waals surface area (Å²) < 4.78 is 5.20. The van der Waals surface area contributed by atoms with Crippen LogP contribution in [0.25, 0.3) is 0 Å². The van der Waals surface area contributed by atoms with Crippen LogP contribution < -0.4 is 10.1 Å².